The molecule has 0 saturated carbocycles. The van der Waals surface area contributed by atoms with Crippen LogP contribution in [0, 0.1) is 0 Å². The SMILES string of the molecule is COC(=O)CCc1ccc(N(c2ccccc2)c2ccccc2)cc1. The Labute approximate surface area is 148 Å². The van der Waals surface area contributed by atoms with E-state index in [-0.39, 0.29) is 5.97 Å². The molecule has 3 aromatic carbocycles. The normalized spacial score (nSPS) is 10.3. The number of nitrogens with zero attached hydrogens (tertiary/aromatic N) is 1. The fourth-order valence-corrected chi connectivity index (χ4v) is 2.76. The van der Waals surface area contributed by atoms with E-state index in [0.717, 1.165) is 22.6 Å². The summed E-state index contributed by atoms with van der Waals surface area (Å²) in [5.41, 5.74) is 4.42. The van der Waals surface area contributed by atoms with Gasteiger partial charge in [-0.3, -0.25) is 4.79 Å². The van der Waals surface area contributed by atoms with Gasteiger partial charge in [0.25, 0.3) is 0 Å². The summed E-state index contributed by atoms with van der Waals surface area (Å²) in [7, 11) is 1.42. The lowest BCUT2D eigenvalue weighted by Crippen LogP contribution is -2.09. The molecule has 0 saturated heterocycles. The topological polar surface area (TPSA) is 29.5 Å². The van der Waals surface area contributed by atoms with E-state index in [0.29, 0.717) is 12.8 Å². The van der Waals surface area contributed by atoms with E-state index in [1.165, 1.54) is 7.11 Å². The molecule has 3 rings (SSSR count). The molecule has 3 heteroatoms. The number of hydrogen-bond donors (Lipinski definition) is 0. The minimum atomic E-state index is -0.181. The molecule has 0 heterocycles. The van der Waals surface area contributed by atoms with Gasteiger partial charge in [0.05, 0.1) is 7.11 Å². The maximum atomic E-state index is 11.3. The zero-order valence-electron chi connectivity index (χ0n) is 14.3. The molecular formula is C22H21NO2. The molecule has 126 valence electrons. The van der Waals surface area contributed by atoms with E-state index in [9.17, 15) is 4.79 Å². The summed E-state index contributed by atoms with van der Waals surface area (Å²) < 4.78 is 4.70. The molecule has 0 aliphatic heterocycles. The summed E-state index contributed by atoms with van der Waals surface area (Å²) >= 11 is 0. The van der Waals surface area contributed by atoms with Gasteiger partial charge in [-0.25, -0.2) is 0 Å². The van der Waals surface area contributed by atoms with E-state index < -0.39 is 0 Å². The average molecular weight is 331 g/mol. The zero-order valence-corrected chi connectivity index (χ0v) is 14.3. The smallest absolute Gasteiger partial charge is 0.305 e. The number of carbonyl (C=O) groups excluding carboxylic acids is 1. The number of para-hydroxylation sites is 2. The van der Waals surface area contributed by atoms with Crippen LogP contribution in [0.2, 0.25) is 0 Å². The lowest BCUT2D eigenvalue weighted by Gasteiger charge is -2.25. The van der Waals surface area contributed by atoms with Gasteiger partial charge < -0.3 is 9.64 Å². The fourth-order valence-electron chi connectivity index (χ4n) is 2.76. The molecule has 0 spiro atoms. The second-order valence-electron chi connectivity index (χ2n) is 5.75. The van der Waals surface area contributed by atoms with Crippen molar-refractivity contribution in [1.29, 1.82) is 0 Å². The Morgan fingerprint density at radius 2 is 1.24 bits per heavy atom. The van der Waals surface area contributed by atoms with Crippen LogP contribution in [0.4, 0.5) is 17.1 Å². The van der Waals surface area contributed by atoms with Crippen molar-refractivity contribution in [3.05, 3.63) is 90.5 Å². The van der Waals surface area contributed by atoms with Crippen LogP contribution in [0.15, 0.2) is 84.9 Å². The highest BCUT2D eigenvalue weighted by atomic mass is 16.5. The highest BCUT2D eigenvalue weighted by Crippen LogP contribution is 2.34. The number of hydrogen-bond acceptors (Lipinski definition) is 3. The lowest BCUT2D eigenvalue weighted by atomic mass is 10.1. The van der Waals surface area contributed by atoms with Crippen LogP contribution in [0.3, 0.4) is 0 Å². The third-order valence-electron chi connectivity index (χ3n) is 4.07. The summed E-state index contributed by atoms with van der Waals surface area (Å²) in [5, 5.41) is 0. The minimum Gasteiger partial charge on any atom is -0.469 e. The molecule has 0 fully saturated rings. The Hall–Kier alpha value is -3.07. The van der Waals surface area contributed by atoms with Gasteiger partial charge in [-0.2, -0.15) is 0 Å². The molecule has 0 atom stereocenters. The van der Waals surface area contributed by atoms with Crippen molar-refractivity contribution in [2.75, 3.05) is 12.0 Å². The van der Waals surface area contributed by atoms with E-state index in [2.05, 4.69) is 53.4 Å². The zero-order chi connectivity index (χ0) is 17.5. The van der Waals surface area contributed by atoms with E-state index >= 15 is 0 Å². The summed E-state index contributed by atoms with van der Waals surface area (Å²) in [6, 6.07) is 28.9. The molecule has 0 aliphatic carbocycles. The van der Waals surface area contributed by atoms with Crippen molar-refractivity contribution in [2.45, 2.75) is 12.8 Å². The Kier molecular flexibility index (Phi) is 5.47. The van der Waals surface area contributed by atoms with Crippen LogP contribution >= 0.6 is 0 Å². The number of esters is 1. The van der Waals surface area contributed by atoms with Crippen LogP contribution in [0.1, 0.15) is 12.0 Å². The number of methoxy groups -OCH3 is 1. The first-order valence-electron chi connectivity index (χ1n) is 8.34. The quantitative estimate of drug-likeness (QED) is 0.577. The summed E-state index contributed by atoms with van der Waals surface area (Å²) in [6.45, 7) is 0. The van der Waals surface area contributed by atoms with Crippen molar-refractivity contribution >= 4 is 23.0 Å². The average Bonchev–Trinajstić information content (AvgIpc) is 2.69. The summed E-state index contributed by atoms with van der Waals surface area (Å²) in [5.74, 6) is -0.181. The molecule has 0 aromatic heterocycles. The predicted molar refractivity (Wildman–Crippen MR) is 101 cm³/mol. The molecular weight excluding hydrogens is 310 g/mol. The highest BCUT2D eigenvalue weighted by Gasteiger charge is 2.11. The summed E-state index contributed by atoms with van der Waals surface area (Å²) in [6.07, 6.45) is 1.08. The van der Waals surface area contributed by atoms with Gasteiger partial charge in [-0.1, -0.05) is 48.5 Å². The van der Waals surface area contributed by atoms with Gasteiger partial charge in [-0.05, 0) is 48.4 Å². The van der Waals surface area contributed by atoms with E-state index in [1.807, 2.05) is 36.4 Å². The molecule has 0 bridgehead atoms. The lowest BCUT2D eigenvalue weighted by molar-refractivity contribution is -0.140. The Morgan fingerprint density at radius 1 is 0.760 bits per heavy atom. The standard InChI is InChI=1S/C22H21NO2/c1-25-22(24)17-14-18-12-15-21(16-13-18)23(19-8-4-2-5-9-19)20-10-6-3-7-11-20/h2-13,15-16H,14,17H2,1H3. The molecule has 0 amide bonds. The predicted octanol–water partition coefficient (Wildman–Crippen LogP) is 5.26. The van der Waals surface area contributed by atoms with Crippen LogP contribution < -0.4 is 4.90 Å². The monoisotopic (exact) mass is 331 g/mol. The second-order valence-corrected chi connectivity index (χ2v) is 5.75. The number of rotatable bonds is 6. The maximum Gasteiger partial charge on any atom is 0.305 e. The van der Waals surface area contributed by atoms with Crippen LogP contribution in [-0.2, 0) is 16.0 Å². The van der Waals surface area contributed by atoms with Crippen molar-refractivity contribution in [3.8, 4) is 0 Å². The number of aryl methyl sites for hydroxylation is 1. The Bertz CT molecular complexity index is 759. The van der Waals surface area contributed by atoms with E-state index in [4.69, 9.17) is 4.74 Å². The van der Waals surface area contributed by atoms with Gasteiger partial charge in [0.2, 0.25) is 0 Å². The van der Waals surface area contributed by atoms with Crippen molar-refractivity contribution in [3.63, 3.8) is 0 Å². The van der Waals surface area contributed by atoms with E-state index in [1.54, 1.807) is 0 Å². The fraction of sp³-hybridized carbons (Fsp3) is 0.136. The van der Waals surface area contributed by atoms with Gasteiger partial charge in [0.1, 0.15) is 0 Å². The van der Waals surface area contributed by atoms with Gasteiger partial charge in [0, 0.05) is 23.5 Å². The molecule has 0 unspecified atom stereocenters. The largest absolute Gasteiger partial charge is 0.469 e. The van der Waals surface area contributed by atoms with Crippen LogP contribution in [-0.4, -0.2) is 13.1 Å². The minimum absolute atomic E-state index is 0.181. The number of benzene rings is 3. The molecule has 3 aromatic rings. The number of carbonyl (C=O) groups is 1. The molecule has 3 nitrogen and oxygen atoms in total. The van der Waals surface area contributed by atoms with Crippen molar-refractivity contribution < 1.29 is 9.53 Å². The number of ether oxygens (including phenoxy) is 1. The first kappa shape index (κ1) is 16.8. The van der Waals surface area contributed by atoms with Gasteiger partial charge >= 0.3 is 5.97 Å². The molecule has 0 aliphatic rings. The third kappa shape index (κ3) is 4.27. The Morgan fingerprint density at radius 3 is 1.72 bits per heavy atom. The van der Waals surface area contributed by atoms with Crippen molar-refractivity contribution in [1.82, 2.24) is 0 Å². The molecule has 25 heavy (non-hydrogen) atoms. The second kappa shape index (κ2) is 8.15. The molecule has 0 N–H and O–H groups in total. The van der Waals surface area contributed by atoms with Crippen molar-refractivity contribution in [2.24, 2.45) is 0 Å². The number of anilines is 3. The summed E-state index contributed by atoms with van der Waals surface area (Å²) in [4.78, 5) is 13.5. The maximum absolute atomic E-state index is 11.3. The van der Waals surface area contributed by atoms with Crippen LogP contribution in [0.5, 0.6) is 0 Å². The molecule has 0 radical (unpaired) electrons. The highest BCUT2D eigenvalue weighted by molar-refractivity contribution is 5.76. The van der Waals surface area contributed by atoms with Gasteiger partial charge in [-0.15, -0.1) is 0 Å². The third-order valence-corrected chi connectivity index (χ3v) is 4.07. The van der Waals surface area contributed by atoms with Gasteiger partial charge in [0.15, 0.2) is 0 Å². The Balaban J connectivity index is 1.88. The first-order chi connectivity index (χ1) is 12.3. The first-order valence-corrected chi connectivity index (χ1v) is 8.34. The van der Waals surface area contributed by atoms with Crippen LogP contribution in [0.25, 0.3) is 0 Å².